The number of rotatable bonds is 3. The Morgan fingerprint density at radius 3 is 2.10 bits per heavy atom. The lowest BCUT2D eigenvalue weighted by Gasteiger charge is -2.45. The van der Waals surface area contributed by atoms with Gasteiger partial charge in [-0.05, 0) is 73.6 Å². The van der Waals surface area contributed by atoms with E-state index >= 15 is 0 Å². The number of benzene rings is 3. The van der Waals surface area contributed by atoms with Crippen LogP contribution in [0.4, 0.5) is 17.1 Å². The average molecular weight is 645 g/mol. The Hall–Kier alpha value is -5.77. The second-order valence-electron chi connectivity index (χ2n) is 13.2. The summed E-state index contributed by atoms with van der Waals surface area (Å²) in [4.78, 5) is 37.2. The third-order valence-electron chi connectivity index (χ3n) is 9.86. The van der Waals surface area contributed by atoms with Gasteiger partial charge in [0.05, 0.1) is 15.3 Å². The van der Waals surface area contributed by atoms with E-state index in [0.29, 0.717) is 11.3 Å². The summed E-state index contributed by atoms with van der Waals surface area (Å²) in [5.41, 5.74) is 5.65. The molecule has 0 bridgehead atoms. The number of fused-ring (bicyclic) bond motifs is 3. The molecule has 10 heteroatoms. The van der Waals surface area contributed by atoms with Crippen molar-refractivity contribution in [3.05, 3.63) is 157 Å². The van der Waals surface area contributed by atoms with Crippen molar-refractivity contribution >= 4 is 28.9 Å². The van der Waals surface area contributed by atoms with Crippen LogP contribution in [0.3, 0.4) is 0 Å². The number of non-ortho nitro benzene ring substituents is 1. The zero-order valence-corrected chi connectivity index (χ0v) is 27.6. The van der Waals surface area contributed by atoms with Crippen LogP contribution in [0.15, 0.2) is 120 Å². The van der Waals surface area contributed by atoms with Crippen molar-refractivity contribution in [2.45, 2.75) is 44.2 Å². The lowest BCUT2D eigenvalue weighted by Crippen LogP contribution is -2.58. The summed E-state index contributed by atoms with van der Waals surface area (Å²) in [5.74, 6) is 0.434. The van der Waals surface area contributed by atoms with E-state index in [-0.39, 0.29) is 32.9 Å². The summed E-state index contributed by atoms with van der Waals surface area (Å²) < 4.78 is 6.44. The third-order valence-corrected chi connectivity index (χ3v) is 9.86. The van der Waals surface area contributed by atoms with Crippen LogP contribution in [0.25, 0.3) is 6.08 Å². The van der Waals surface area contributed by atoms with Gasteiger partial charge in [-0.1, -0.05) is 50.2 Å². The van der Waals surface area contributed by atoms with Crippen molar-refractivity contribution in [2.75, 3.05) is 23.9 Å². The van der Waals surface area contributed by atoms with Gasteiger partial charge in [0.2, 0.25) is 5.72 Å². The summed E-state index contributed by atoms with van der Waals surface area (Å²) in [5, 5.41) is 21.9. The molecule has 0 radical (unpaired) electrons. The van der Waals surface area contributed by atoms with Gasteiger partial charge in [0.1, 0.15) is 5.75 Å². The van der Waals surface area contributed by atoms with Crippen molar-refractivity contribution in [3.63, 3.8) is 0 Å². The summed E-state index contributed by atoms with van der Waals surface area (Å²) in [6.07, 6.45) is 11.3. The molecule has 3 aromatic carbocycles. The first-order valence-corrected chi connectivity index (χ1v) is 15.5. The Labute approximate surface area is 278 Å². The van der Waals surface area contributed by atoms with Crippen molar-refractivity contribution in [3.8, 4) is 5.75 Å². The minimum atomic E-state index is -0.653. The highest BCUT2D eigenvalue weighted by molar-refractivity contribution is 6.07. The molecule has 0 saturated heterocycles. The van der Waals surface area contributed by atoms with Gasteiger partial charge in [-0.3, -0.25) is 25.0 Å². The lowest BCUT2D eigenvalue weighted by molar-refractivity contribution is -0.419. The number of carbonyl (C=O) groups is 1. The van der Waals surface area contributed by atoms with E-state index in [9.17, 15) is 25.0 Å². The van der Waals surface area contributed by atoms with Crippen LogP contribution in [-0.2, 0) is 15.6 Å². The maximum atomic E-state index is 12.0. The van der Waals surface area contributed by atoms with Gasteiger partial charge >= 0.3 is 0 Å². The van der Waals surface area contributed by atoms with E-state index in [2.05, 4.69) is 61.8 Å². The predicted molar refractivity (Wildman–Crippen MR) is 187 cm³/mol. The molecule has 0 saturated carbocycles. The van der Waals surface area contributed by atoms with Crippen LogP contribution < -0.4 is 14.5 Å². The minimum absolute atomic E-state index is 0.0697. The first-order chi connectivity index (χ1) is 22.7. The zero-order valence-electron chi connectivity index (χ0n) is 27.6. The Bertz CT molecular complexity index is 2040. The number of likely N-dealkylation sites (N-methyl/N-ethyl adjacent to an activating group) is 2. The molecule has 1 atom stereocenters. The molecule has 1 spiro atoms. The number of ketones is 1. The predicted octanol–water partition coefficient (Wildman–Crippen LogP) is 7.65. The van der Waals surface area contributed by atoms with Crippen LogP contribution >= 0.6 is 0 Å². The second kappa shape index (κ2) is 11.5. The third kappa shape index (κ3) is 5.00. The van der Waals surface area contributed by atoms with E-state index in [4.69, 9.17) is 4.74 Å². The molecule has 0 amide bonds. The van der Waals surface area contributed by atoms with Crippen molar-refractivity contribution < 1.29 is 19.4 Å². The van der Waals surface area contributed by atoms with E-state index in [1.54, 1.807) is 18.2 Å². The summed E-state index contributed by atoms with van der Waals surface area (Å²) in [6.45, 7) is 8.58. The number of ether oxygens (including phenoxy) is 1. The van der Waals surface area contributed by atoms with Crippen molar-refractivity contribution in [1.29, 1.82) is 0 Å². The number of nitrogens with zero attached hydrogens (tertiary/aromatic N) is 4. The van der Waals surface area contributed by atoms with Crippen molar-refractivity contribution in [1.82, 2.24) is 0 Å². The number of hydrogen-bond acceptors (Lipinski definition) is 8. The largest absolute Gasteiger partial charge is 0.463 e. The normalized spacial score (nSPS) is 22.5. The van der Waals surface area contributed by atoms with Crippen molar-refractivity contribution in [2.24, 2.45) is 0 Å². The van der Waals surface area contributed by atoms with Crippen LogP contribution in [0.1, 0.15) is 44.4 Å². The van der Waals surface area contributed by atoms with Gasteiger partial charge in [0, 0.05) is 72.0 Å². The Morgan fingerprint density at radius 2 is 1.46 bits per heavy atom. The summed E-state index contributed by atoms with van der Waals surface area (Å²) in [6, 6.07) is 21.2. The molecule has 0 N–H and O–H groups in total. The van der Waals surface area contributed by atoms with Gasteiger partial charge < -0.3 is 14.5 Å². The fourth-order valence-corrected chi connectivity index (χ4v) is 7.13. The lowest BCUT2D eigenvalue weighted by atomic mass is 9.76. The first-order valence-electron chi connectivity index (χ1n) is 15.5. The number of nitro groups is 2. The fourth-order valence-electron chi connectivity index (χ4n) is 7.13. The summed E-state index contributed by atoms with van der Waals surface area (Å²) >= 11 is 0. The minimum Gasteiger partial charge on any atom is -0.463 e. The van der Waals surface area contributed by atoms with E-state index < -0.39 is 10.6 Å². The SMILES string of the molecule is CN1C(=CC=C2C=C([N+](=O)[O-])C=CC2=O)C(C)(C)c2ccccc21.CN1c2ccccc2C(C)(C)C12C=Cc1cc([N+](=O)[O-])ccc1O2. The smallest absolute Gasteiger partial charge is 0.270 e. The van der Waals surface area contributed by atoms with Gasteiger partial charge in [0.25, 0.3) is 11.4 Å². The second-order valence-corrected chi connectivity index (χ2v) is 13.2. The molecule has 0 fully saturated rings. The van der Waals surface area contributed by atoms with Gasteiger partial charge in [-0.15, -0.1) is 0 Å². The van der Waals surface area contributed by atoms with Gasteiger partial charge in [0.15, 0.2) is 5.78 Å². The molecule has 3 aromatic rings. The zero-order chi connectivity index (χ0) is 34.6. The molecule has 4 aliphatic rings. The number of para-hydroxylation sites is 2. The maximum Gasteiger partial charge on any atom is 0.270 e. The molecule has 1 unspecified atom stereocenters. The summed E-state index contributed by atoms with van der Waals surface area (Å²) in [7, 11) is 4.01. The molecular formula is C38H36N4O6. The first kappa shape index (κ1) is 32.2. The standard InChI is InChI=1S/2C19H18N2O3/c1-18(2)15-6-4-5-7-16(15)20(3)19(18)11-10-13-12-14(21(22)23)8-9-17(13)24-19;1-19(2)15-6-4-5-7-16(15)20(3)18(19)11-8-13-12-14(21(23)24)9-10-17(13)22/h2*4-12H,1-3H3. The Kier molecular flexibility index (Phi) is 7.70. The van der Waals surface area contributed by atoms with E-state index in [1.165, 1.54) is 35.4 Å². The Balaban J connectivity index is 0.000000167. The van der Waals surface area contributed by atoms with Crippen LogP contribution in [0.5, 0.6) is 5.75 Å². The molecular weight excluding hydrogens is 608 g/mol. The van der Waals surface area contributed by atoms with E-state index in [0.717, 1.165) is 22.6 Å². The topological polar surface area (TPSA) is 119 Å². The molecule has 10 nitrogen and oxygen atoms in total. The molecule has 3 heterocycles. The molecule has 7 rings (SSSR count). The highest BCUT2D eigenvalue weighted by atomic mass is 16.6. The maximum absolute atomic E-state index is 12.0. The number of allylic oxidation sites excluding steroid dienone is 7. The van der Waals surface area contributed by atoms with E-state index in [1.807, 2.05) is 56.6 Å². The Morgan fingerprint density at radius 1 is 0.792 bits per heavy atom. The highest BCUT2D eigenvalue weighted by Crippen LogP contribution is 2.54. The van der Waals surface area contributed by atoms with Gasteiger partial charge in [-0.25, -0.2) is 0 Å². The number of nitro benzene ring substituents is 1. The quantitative estimate of drug-likeness (QED) is 0.162. The molecule has 48 heavy (non-hydrogen) atoms. The van der Waals surface area contributed by atoms with Crippen LogP contribution in [-0.4, -0.2) is 35.5 Å². The number of hydrogen-bond donors (Lipinski definition) is 0. The average Bonchev–Trinajstić information content (AvgIpc) is 3.36. The van der Waals surface area contributed by atoms with Crippen LogP contribution in [0, 0.1) is 20.2 Å². The van der Waals surface area contributed by atoms with Gasteiger partial charge in [-0.2, -0.15) is 0 Å². The molecule has 244 valence electrons. The highest BCUT2D eigenvalue weighted by Gasteiger charge is 2.57. The molecule has 0 aromatic heterocycles. The number of carbonyl (C=O) groups excluding carboxylic acids is 1. The fraction of sp³-hybridized carbons (Fsp3) is 0.237. The monoisotopic (exact) mass is 644 g/mol. The molecule has 3 aliphatic heterocycles. The van der Waals surface area contributed by atoms with Crippen LogP contribution in [0.2, 0.25) is 0 Å². The number of anilines is 2. The molecule has 1 aliphatic carbocycles.